The topological polar surface area (TPSA) is 68.3 Å². The average molecular weight is 481 g/mol. The molecule has 0 spiro atoms. The summed E-state index contributed by atoms with van der Waals surface area (Å²) >= 11 is 0. The van der Waals surface area contributed by atoms with Gasteiger partial charge in [0.2, 0.25) is 0 Å². The molecule has 0 radical (unpaired) electrons. The maximum Gasteiger partial charge on any atom is 0.414 e. The minimum atomic E-state index is -0.382. The minimum Gasteiger partial charge on any atom is -0.493 e. The second-order valence-electron chi connectivity index (χ2n) is 9.36. The SMILES string of the molecule is CCOC(=O)N1c2cc(C)c(C)cc2N(C(=O)c2ccc(OC)c(OC3CCCC3)c2)CC1CC. The molecular weight excluding hydrogens is 444 g/mol. The van der Waals surface area contributed by atoms with Crippen LogP contribution >= 0.6 is 0 Å². The van der Waals surface area contributed by atoms with Crippen LogP contribution in [-0.4, -0.2) is 44.4 Å². The molecule has 1 heterocycles. The summed E-state index contributed by atoms with van der Waals surface area (Å²) in [4.78, 5) is 30.3. The van der Waals surface area contributed by atoms with Gasteiger partial charge in [-0.05, 0) is 94.3 Å². The monoisotopic (exact) mass is 480 g/mol. The minimum absolute atomic E-state index is 0.129. The largest absolute Gasteiger partial charge is 0.493 e. The fourth-order valence-electron chi connectivity index (χ4n) is 4.97. The fraction of sp³-hybridized carbons (Fsp3) is 0.500. The van der Waals surface area contributed by atoms with E-state index in [4.69, 9.17) is 14.2 Å². The predicted octanol–water partition coefficient (Wildman–Crippen LogP) is 6.04. The number of carbonyl (C=O) groups excluding carboxylic acids is 2. The van der Waals surface area contributed by atoms with E-state index in [-0.39, 0.29) is 24.1 Å². The first-order valence-corrected chi connectivity index (χ1v) is 12.6. The molecule has 1 fully saturated rings. The molecule has 188 valence electrons. The smallest absolute Gasteiger partial charge is 0.414 e. The van der Waals surface area contributed by atoms with Gasteiger partial charge in [-0.25, -0.2) is 4.79 Å². The number of aryl methyl sites for hydroxylation is 2. The van der Waals surface area contributed by atoms with Crippen molar-refractivity contribution in [2.24, 2.45) is 0 Å². The van der Waals surface area contributed by atoms with Crippen molar-refractivity contribution in [2.45, 2.75) is 71.9 Å². The molecule has 0 aromatic heterocycles. The van der Waals surface area contributed by atoms with E-state index >= 15 is 0 Å². The number of methoxy groups -OCH3 is 1. The van der Waals surface area contributed by atoms with Crippen molar-refractivity contribution in [3.8, 4) is 11.5 Å². The summed E-state index contributed by atoms with van der Waals surface area (Å²) in [6.07, 6.45) is 4.80. The van der Waals surface area contributed by atoms with Crippen LogP contribution in [0.3, 0.4) is 0 Å². The molecule has 7 heteroatoms. The molecule has 2 aromatic carbocycles. The van der Waals surface area contributed by atoms with Gasteiger partial charge in [-0.3, -0.25) is 9.69 Å². The van der Waals surface area contributed by atoms with Crippen molar-refractivity contribution in [3.05, 3.63) is 47.0 Å². The number of ether oxygens (including phenoxy) is 3. The molecule has 1 aliphatic heterocycles. The third kappa shape index (κ3) is 4.95. The number of hydrogen-bond donors (Lipinski definition) is 0. The Morgan fingerprint density at radius 2 is 1.66 bits per heavy atom. The zero-order valence-electron chi connectivity index (χ0n) is 21.4. The molecule has 1 aliphatic carbocycles. The van der Waals surface area contributed by atoms with Gasteiger partial charge in [0.1, 0.15) is 0 Å². The lowest BCUT2D eigenvalue weighted by molar-refractivity contribution is 0.0980. The Morgan fingerprint density at radius 1 is 0.971 bits per heavy atom. The van der Waals surface area contributed by atoms with Gasteiger partial charge in [0.05, 0.1) is 37.2 Å². The molecule has 0 saturated heterocycles. The Hall–Kier alpha value is -3.22. The van der Waals surface area contributed by atoms with Crippen LogP contribution in [0.25, 0.3) is 0 Å². The summed E-state index contributed by atoms with van der Waals surface area (Å²) in [6.45, 7) is 8.52. The lowest BCUT2D eigenvalue weighted by Crippen LogP contribution is -2.53. The number of anilines is 2. The van der Waals surface area contributed by atoms with Gasteiger partial charge in [-0.15, -0.1) is 0 Å². The molecule has 2 amide bonds. The Balaban J connectivity index is 1.73. The summed E-state index contributed by atoms with van der Waals surface area (Å²) < 4.78 is 17.1. The summed E-state index contributed by atoms with van der Waals surface area (Å²) in [5.41, 5.74) is 4.06. The van der Waals surface area contributed by atoms with Crippen molar-refractivity contribution in [1.29, 1.82) is 0 Å². The van der Waals surface area contributed by atoms with E-state index in [0.717, 1.165) is 36.8 Å². The first kappa shape index (κ1) is 24.9. The van der Waals surface area contributed by atoms with Crippen molar-refractivity contribution in [3.63, 3.8) is 0 Å². The van der Waals surface area contributed by atoms with Gasteiger partial charge >= 0.3 is 6.09 Å². The summed E-state index contributed by atoms with van der Waals surface area (Å²) in [7, 11) is 1.61. The van der Waals surface area contributed by atoms with Gasteiger partial charge in [0.25, 0.3) is 5.91 Å². The molecule has 0 bridgehead atoms. The van der Waals surface area contributed by atoms with E-state index in [2.05, 4.69) is 0 Å². The molecule has 4 rings (SSSR count). The standard InChI is InChI=1S/C28H36N2O5/c1-6-21-17-29(23-14-18(3)19(4)15-24(23)30(21)28(32)34-7-2)27(31)20-12-13-25(33-5)26(16-20)35-22-10-8-9-11-22/h12-16,21-22H,6-11,17H2,1-5H3. The Morgan fingerprint density at radius 3 is 2.29 bits per heavy atom. The zero-order chi connectivity index (χ0) is 25.1. The second-order valence-corrected chi connectivity index (χ2v) is 9.36. The Bertz CT molecular complexity index is 1090. The fourth-order valence-corrected chi connectivity index (χ4v) is 4.97. The maximum atomic E-state index is 13.9. The molecule has 1 saturated carbocycles. The number of benzene rings is 2. The van der Waals surface area contributed by atoms with Crippen LogP contribution in [0, 0.1) is 13.8 Å². The lowest BCUT2D eigenvalue weighted by Gasteiger charge is -2.42. The van der Waals surface area contributed by atoms with Crippen LogP contribution in [0.4, 0.5) is 16.2 Å². The number of carbonyl (C=O) groups is 2. The normalized spacial score (nSPS) is 17.8. The molecular formula is C28H36N2O5. The van der Waals surface area contributed by atoms with E-state index in [1.165, 1.54) is 0 Å². The molecule has 0 N–H and O–H groups in total. The van der Waals surface area contributed by atoms with Gasteiger partial charge in [0, 0.05) is 12.1 Å². The van der Waals surface area contributed by atoms with Crippen LogP contribution in [0.15, 0.2) is 30.3 Å². The Kier molecular flexibility index (Phi) is 7.53. The molecule has 1 atom stereocenters. The van der Waals surface area contributed by atoms with Gasteiger partial charge in [-0.2, -0.15) is 0 Å². The number of amides is 2. The van der Waals surface area contributed by atoms with Crippen LogP contribution in [-0.2, 0) is 4.74 Å². The summed E-state index contributed by atoms with van der Waals surface area (Å²) in [6, 6.07) is 9.14. The molecule has 1 unspecified atom stereocenters. The highest BCUT2D eigenvalue weighted by Crippen LogP contribution is 2.40. The van der Waals surface area contributed by atoms with Crippen LogP contribution in [0.2, 0.25) is 0 Å². The first-order valence-electron chi connectivity index (χ1n) is 12.6. The average Bonchev–Trinajstić information content (AvgIpc) is 3.36. The van der Waals surface area contributed by atoms with Gasteiger partial charge in [0.15, 0.2) is 11.5 Å². The Labute approximate surface area is 207 Å². The van der Waals surface area contributed by atoms with E-state index < -0.39 is 0 Å². The van der Waals surface area contributed by atoms with Crippen LogP contribution < -0.4 is 19.3 Å². The number of fused-ring (bicyclic) bond motifs is 1. The number of nitrogens with zero attached hydrogens (tertiary/aromatic N) is 2. The summed E-state index contributed by atoms with van der Waals surface area (Å²) in [5.74, 6) is 1.09. The second kappa shape index (κ2) is 10.6. The van der Waals surface area contributed by atoms with Gasteiger partial charge in [-0.1, -0.05) is 6.92 Å². The van der Waals surface area contributed by atoms with E-state index in [0.29, 0.717) is 48.0 Å². The quantitative estimate of drug-likeness (QED) is 0.505. The predicted molar refractivity (Wildman–Crippen MR) is 137 cm³/mol. The van der Waals surface area contributed by atoms with Gasteiger partial charge < -0.3 is 19.1 Å². The van der Waals surface area contributed by atoms with Crippen molar-refractivity contribution in [1.82, 2.24) is 0 Å². The molecule has 7 nitrogen and oxygen atoms in total. The summed E-state index contributed by atoms with van der Waals surface area (Å²) in [5, 5.41) is 0. The highest BCUT2D eigenvalue weighted by atomic mass is 16.6. The number of rotatable bonds is 6. The highest BCUT2D eigenvalue weighted by Gasteiger charge is 2.38. The third-order valence-electron chi connectivity index (χ3n) is 7.09. The highest BCUT2D eigenvalue weighted by molar-refractivity contribution is 6.10. The van der Waals surface area contributed by atoms with E-state index in [1.807, 2.05) is 32.9 Å². The third-order valence-corrected chi connectivity index (χ3v) is 7.09. The molecule has 2 aromatic rings. The van der Waals surface area contributed by atoms with Crippen LogP contribution in [0.1, 0.15) is 67.4 Å². The first-order chi connectivity index (χ1) is 16.9. The maximum absolute atomic E-state index is 13.9. The van der Waals surface area contributed by atoms with Crippen molar-refractivity contribution in [2.75, 3.05) is 30.1 Å². The lowest BCUT2D eigenvalue weighted by atomic mass is 9.99. The van der Waals surface area contributed by atoms with E-state index in [9.17, 15) is 9.59 Å². The number of hydrogen-bond acceptors (Lipinski definition) is 5. The molecule has 35 heavy (non-hydrogen) atoms. The van der Waals surface area contributed by atoms with Crippen molar-refractivity contribution >= 4 is 23.4 Å². The molecule has 2 aliphatic rings. The van der Waals surface area contributed by atoms with Crippen molar-refractivity contribution < 1.29 is 23.8 Å². The zero-order valence-corrected chi connectivity index (χ0v) is 21.4. The van der Waals surface area contributed by atoms with Crippen LogP contribution in [0.5, 0.6) is 11.5 Å². The van der Waals surface area contributed by atoms with E-state index in [1.54, 1.807) is 42.0 Å².